The molecule has 1 nitrogen and oxygen atoms in total. The second kappa shape index (κ2) is 9.43. The van der Waals surface area contributed by atoms with Crippen molar-refractivity contribution < 1.29 is 17.9 Å². The Morgan fingerprint density at radius 2 is 1.73 bits per heavy atom. The van der Waals surface area contributed by atoms with Gasteiger partial charge in [-0.3, -0.25) is 0 Å². The van der Waals surface area contributed by atoms with Gasteiger partial charge in [-0.05, 0) is 30.5 Å². The Labute approximate surface area is 139 Å². The van der Waals surface area contributed by atoms with E-state index in [9.17, 15) is 13.2 Å². The van der Waals surface area contributed by atoms with Crippen LogP contribution in [0.15, 0.2) is 24.3 Å². The van der Waals surface area contributed by atoms with Gasteiger partial charge in [0.25, 0.3) is 0 Å². The van der Waals surface area contributed by atoms with Gasteiger partial charge in [0.05, 0.1) is 13.0 Å². The standard InChI is InChI=1S/C17H24BrF3O/c1-3-4-5-6-7-14(18)12-16(17(19,20)21)13-8-10-15(22-2)11-9-13/h8-11,14,16H,3-7,12H2,1-2H3/t14-,16-/m0/s1. The number of halogens is 4. The van der Waals surface area contributed by atoms with Crippen molar-refractivity contribution in [3.8, 4) is 5.75 Å². The lowest BCUT2D eigenvalue weighted by atomic mass is 9.92. The molecular formula is C17H24BrF3O. The smallest absolute Gasteiger partial charge is 0.395 e. The van der Waals surface area contributed by atoms with Crippen molar-refractivity contribution in [1.29, 1.82) is 0 Å². The molecule has 0 aliphatic rings. The van der Waals surface area contributed by atoms with Crippen molar-refractivity contribution >= 4 is 15.9 Å². The van der Waals surface area contributed by atoms with Crippen LogP contribution < -0.4 is 4.74 Å². The first kappa shape index (κ1) is 19.3. The highest BCUT2D eigenvalue weighted by Crippen LogP contribution is 2.40. The van der Waals surface area contributed by atoms with E-state index in [4.69, 9.17) is 4.74 Å². The first-order chi connectivity index (χ1) is 10.4. The van der Waals surface area contributed by atoms with Crippen LogP contribution >= 0.6 is 15.9 Å². The lowest BCUT2D eigenvalue weighted by Crippen LogP contribution is -2.23. The first-order valence-corrected chi connectivity index (χ1v) is 8.64. The summed E-state index contributed by atoms with van der Waals surface area (Å²) < 4.78 is 45.0. The minimum Gasteiger partial charge on any atom is -0.497 e. The summed E-state index contributed by atoms with van der Waals surface area (Å²) in [5.41, 5.74) is 0.298. The van der Waals surface area contributed by atoms with Crippen LogP contribution in [0, 0.1) is 0 Å². The Balaban J connectivity index is 2.68. The molecule has 0 aromatic heterocycles. The SMILES string of the molecule is CCCCCC[C@H](Br)C[C@@H](c1ccc(OC)cc1)C(F)(F)F. The molecular weight excluding hydrogens is 357 g/mol. The van der Waals surface area contributed by atoms with Crippen LogP contribution in [-0.2, 0) is 0 Å². The summed E-state index contributed by atoms with van der Waals surface area (Å²) in [6.07, 6.45) is 0.939. The van der Waals surface area contributed by atoms with Gasteiger partial charge in [0.2, 0.25) is 0 Å². The number of rotatable bonds is 9. The average molecular weight is 381 g/mol. The van der Waals surface area contributed by atoms with Crippen LogP contribution in [0.1, 0.15) is 56.9 Å². The van der Waals surface area contributed by atoms with E-state index in [0.29, 0.717) is 11.3 Å². The van der Waals surface area contributed by atoms with Gasteiger partial charge in [-0.25, -0.2) is 0 Å². The molecule has 0 bridgehead atoms. The van der Waals surface area contributed by atoms with Gasteiger partial charge >= 0.3 is 6.18 Å². The van der Waals surface area contributed by atoms with Crippen molar-refractivity contribution in [2.75, 3.05) is 7.11 Å². The van der Waals surface area contributed by atoms with E-state index in [-0.39, 0.29) is 11.2 Å². The van der Waals surface area contributed by atoms with Crippen LogP contribution in [0.4, 0.5) is 13.2 Å². The highest BCUT2D eigenvalue weighted by atomic mass is 79.9. The number of hydrogen-bond acceptors (Lipinski definition) is 1. The second-order valence-corrected chi connectivity index (χ2v) is 6.84. The Kier molecular flexibility index (Phi) is 8.29. The lowest BCUT2D eigenvalue weighted by Gasteiger charge is -2.23. The van der Waals surface area contributed by atoms with E-state index in [1.165, 1.54) is 19.2 Å². The molecule has 0 amide bonds. The zero-order valence-electron chi connectivity index (χ0n) is 13.1. The molecule has 0 aliphatic heterocycles. The van der Waals surface area contributed by atoms with E-state index >= 15 is 0 Å². The van der Waals surface area contributed by atoms with Crippen LogP contribution in [0.25, 0.3) is 0 Å². The molecule has 1 aromatic carbocycles. The van der Waals surface area contributed by atoms with Crippen molar-refractivity contribution in [2.45, 2.75) is 62.4 Å². The molecule has 0 N–H and O–H groups in total. The molecule has 126 valence electrons. The monoisotopic (exact) mass is 380 g/mol. The topological polar surface area (TPSA) is 9.23 Å². The molecule has 0 aliphatic carbocycles. The van der Waals surface area contributed by atoms with Crippen LogP contribution in [0.5, 0.6) is 5.75 Å². The lowest BCUT2D eigenvalue weighted by molar-refractivity contribution is -0.151. The molecule has 0 fully saturated rings. The van der Waals surface area contributed by atoms with Crippen LogP contribution in [-0.4, -0.2) is 18.1 Å². The van der Waals surface area contributed by atoms with Crippen molar-refractivity contribution in [2.24, 2.45) is 0 Å². The predicted molar refractivity (Wildman–Crippen MR) is 87.9 cm³/mol. The zero-order valence-corrected chi connectivity index (χ0v) is 14.7. The zero-order chi connectivity index (χ0) is 16.6. The van der Waals surface area contributed by atoms with Gasteiger partial charge < -0.3 is 4.74 Å². The van der Waals surface area contributed by atoms with E-state index in [0.717, 1.165) is 32.1 Å². The Morgan fingerprint density at radius 1 is 1.09 bits per heavy atom. The van der Waals surface area contributed by atoms with Gasteiger partial charge in [-0.1, -0.05) is 60.7 Å². The summed E-state index contributed by atoms with van der Waals surface area (Å²) in [6.45, 7) is 2.12. The first-order valence-electron chi connectivity index (χ1n) is 7.73. The van der Waals surface area contributed by atoms with Crippen molar-refractivity contribution in [1.82, 2.24) is 0 Å². The quantitative estimate of drug-likeness (QED) is 0.352. The molecule has 0 heterocycles. The van der Waals surface area contributed by atoms with Gasteiger partial charge in [0.1, 0.15) is 5.75 Å². The van der Waals surface area contributed by atoms with Crippen molar-refractivity contribution in [3.05, 3.63) is 29.8 Å². The highest BCUT2D eigenvalue weighted by molar-refractivity contribution is 9.09. The summed E-state index contributed by atoms with van der Waals surface area (Å²) >= 11 is 3.42. The summed E-state index contributed by atoms with van der Waals surface area (Å²) in [5.74, 6) is -0.867. The number of methoxy groups -OCH3 is 1. The number of benzene rings is 1. The Morgan fingerprint density at radius 3 is 2.23 bits per heavy atom. The van der Waals surface area contributed by atoms with E-state index in [1.54, 1.807) is 12.1 Å². The Bertz CT molecular complexity index is 417. The third-order valence-electron chi connectivity index (χ3n) is 3.78. The molecule has 5 heteroatoms. The van der Waals surface area contributed by atoms with Crippen LogP contribution in [0.3, 0.4) is 0 Å². The number of ether oxygens (including phenoxy) is 1. The summed E-state index contributed by atoms with van der Waals surface area (Å²) in [4.78, 5) is -0.113. The maximum Gasteiger partial charge on any atom is 0.395 e. The minimum atomic E-state index is -4.23. The Hall–Kier alpha value is -0.710. The minimum absolute atomic E-state index is 0.0714. The molecule has 0 saturated heterocycles. The van der Waals surface area contributed by atoms with Crippen molar-refractivity contribution in [3.63, 3.8) is 0 Å². The fraction of sp³-hybridized carbons (Fsp3) is 0.647. The average Bonchev–Trinajstić information content (AvgIpc) is 2.48. The maximum absolute atomic E-state index is 13.3. The molecule has 2 atom stereocenters. The third-order valence-corrected chi connectivity index (χ3v) is 4.61. The number of hydrogen-bond donors (Lipinski definition) is 0. The summed E-state index contributed by atoms with van der Waals surface area (Å²) in [6, 6.07) is 6.18. The number of unbranched alkanes of at least 4 members (excludes halogenated alkanes) is 3. The molecule has 0 saturated carbocycles. The normalized spacial score (nSPS) is 14.6. The maximum atomic E-state index is 13.3. The fourth-order valence-electron chi connectivity index (χ4n) is 2.46. The third kappa shape index (κ3) is 6.59. The number of alkyl halides is 4. The molecule has 0 unspecified atom stereocenters. The van der Waals surface area contributed by atoms with E-state index in [2.05, 4.69) is 22.9 Å². The fourth-order valence-corrected chi connectivity index (χ4v) is 3.16. The van der Waals surface area contributed by atoms with Crippen LogP contribution in [0.2, 0.25) is 0 Å². The second-order valence-electron chi connectivity index (χ2n) is 5.55. The summed E-state index contributed by atoms with van der Waals surface area (Å²) in [7, 11) is 1.50. The molecule has 22 heavy (non-hydrogen) atoms. The summed E-state index contributed by atoms with van der Waals surface area (Å²) in [5, 5.41) is 0. The molecule has 1 rings (SSSR count). The van der Waals surface area contributed by atoms with Gasteiger partial charge in [-0.2, -0.15) is 13.2 Å². The molecule has 1 aromatic rings. The van der Waals surface area contributed by atoms with E-state index in [1.807, 2.05) is 0 Å². The van der Waals surface area contributed by atoms with Gasteiger partial charge in [0, 0.05) is 4.83 Å². The highest BCUT2D eigenvalue weighted by Gasteiger charge is 2.41. The molecule has 0 spiro atoms. The largest absolute Gasteiger partial charge is 0.497 e. The predicted octanol–water partition coefficient (Wildman–Crippen LogP) is 6.47. The van der Waals surface area contributed by atoms with Gasteiger partial charge in [0.15, 0.2) is 0 Å². The molecule has 0 radical (unpaired) electrons. The van der Waals surface area contributed by atoms with E-state index < -0.39 is 12.1 Å². The van der Waals surface area contributed by atoms with Gasteiger partial charge in [-0.15, -0.1) is 0 Å².